The fraction of sp³-hybridized carbons (Fsp3) is 0.350. The number of hydrogen-bond acceptors (Lipinski definition) is 3. The number of fused-ring (bicyclic) bond motifs is 1. The third-order valence-electron chi connectivity index (χ3n) is 4.33. The van der Waals surface area contributed by atoms with Crippen molar-refractivity contribution < 1.29 is 9.59 Å². The highest BCUT2D eigenvalue weighted by Crippen LogP contribution is 2.33. The van der Waals surface area contributed by atoms with Crippen LogP contribution in [0.3, 0.4) is 0 Å². The van der Waals surface area contributed by atoms with Crippen molar-refractivity contribution >= 4 is 23.3 Å². The number of carbonyl (C=O) groups excluding carboxylic acids is 2. The van der Waals surface area contributed by atoms with Crippen LogP contribution in [0.25, 0.3) is 0 Å². The number of pyridine rings is 1. The van der Waals surface area contributed by atoms with Crippen LogP contribution in [0.2, 0.25) is 0 Å². The molecule has 1 unspecified atom stereocenters. The first-order valence-corrected chi connectivity index (χ1v) is 8.59. The van der Waals surface area contributed by atoms with E-state index in [0.29, 0.717) is 18.7 Å². The molecule has 1 aromatic carbocycles. The van der Waals surface area contributed by atoms with Gasteiger partial charge >= 0.3 is 0 Å². The molecule has 3 rings (SSSR count). The molecule has 2 amide bonds. The standard InChI is InChI=1S/C20H23N3O2/c1-13(2)10-17(20(25)22-18-6-4-5-9-21-18)23-16-8-7-14(3)11-15(16)12-19(23)24/h4-9,11,13,17H,10,12H2,1-3H3,(H,21,22,25). The molecule has 0 saturated heterocycles. The summed E-state index contributed by atoms with van der Waals surface area (Å²) in [5.41, 5.74) is 2.95. The first kappa shape index (κ1) is 17.1. The van der Waals surface area contributed by atoms with E-state index < -0.39 is 6.04 Å². The van der Waals surface area contributed by atoms with E-state index in [1.54, 1.807) is 23.2 Å². The Kier molecular flexibility index (Phi) is 4.83. The molecule has 0 bridgehead atoms. The lowest BCUT2D eigenvalue weighted by molar-refractivity contribution is -0.123. The van der Waals surface area contributed by atoms with E-state index in [1.807, 2.05) is 31.2 Å². The molecule has 1 aromatic heterocycles. The van der Waals surface area contributed by atoms with Gasteiger partial charge in [-0.2, -0.15) is 0 Å². The van der Waals surface area contributed by atoms with Gasteiger partial charge in [-0.3, -0.25) is 14.5 Å². The Morgan fingerprint density at radius 1 is 1.28 bits per heavy atom. The van der Waals surface area contributed by atoms with Crippen LogP contribution in [-0.2, 0) is 16.0 Å². The first-order valence-electron chi connectivity index (χ1n) is 8.59. The highest BCUT2D eigenvalue weighted by Gasteiger charge is 2.37. The molecular weight excluding hydrogens is 314 g/mol. The highest BCUT2D eigenvalue weighted by atomic mass is 16.2. The summed E-state index contributed by atoms with van der Waals surface area (Å²) in [5.74, 6) is 0.551. The summed E-state index contributed by atoms with van der Waals surface area (Å²) in [6.45, 7) is 6.11. The largest absolute Gasteiger partial charge is 0.309 e. The second kappa shape index (κ2) is 7.05. The molecular formula is C20H23N3O2. The zero-order valence-corrected chi connectivity index (χ0v) is 14.8. The molecule has 2 heterocycles. The van der Waals surface area contributed by atoms with E-state index in [1.165, 1.54) is 0 Å². The molecule has 0 fully saturated rings. The number of aryl methyl sites for hydroxylation is 1. The minimum Gasteiger partial charge on any atom is -0.309 e. The van der Waals surface area contributed by atoms with Crippen molar-refractivity contribution in [3.63, 3.8) is 0 Å². The number of nitrogens with zero attached hydrogens (tertiary/aromatic N) is 2. The van der Waals surface area contributed by atoms with Crippen LogP contribution in [0.5, 0.6) is 0 Å². The predicted octanol–water partition coefficient (Wildman–Crippen LogP) is 3.33. The summed E-state index contributed by atoms with van der Waals surface area (Å²) in [4.78, 5) is 31.4. The van der Waals surface area contributed by atoms with E-state index in [4.69, 9.17) is 0 Å². The SMILES string of the molecule is Cc1ccc2c(c1)CC(=O)N2C(CC(C)C)C(=O)Nc1ccccn1. The van der Waals surface area contributed by atoms with Crippen LogP contribution in [0.15, 0.2) is 42.6 Å². The third-order valence-corrected chi connectivity index (χ3v) is 4.33. The van der Waals surface area contributed by atoms with Crippen molar-refractivity contribution in [1.82, 2.24) is 4.98 Å². The van der Waals surface area contributed by atoms with E-state index in [0.717, 1.165) is 16.8 Å². The van der Waals surface area contributed by atoms with Crippen molar-refractivity contribution in [3.8, 4) is 0 Å². The number of carbonyl (C=O) groups is 2. The monoisotopic (exact) mass is 337 g/mol. The number of rotatable bonds is 5. The number of benzene rings is 1. The zero-order chi connectivity index (χ0) is 18.0. The van der Waals surface area contributed by atoms with Gasteiger partial charge in [0.25, 0.3) is 0 Å². The number of hydrogen-bond donors (Lipinski definition) is 1. The summed E-state index contributed by atoms with van der Waals surface area (Å²) in [6.07, 6.45) is 2.58. The summed E-state index contributed by atoms with van der Waals surface area (Å²) >= 11 is 0. The van der Waals surface area contributed by atoms with Gasteiger partial charge in [-0.15, -0.1) is 0 Å². The quantitative estimate of drug-likeness (QED) is 0.910. The number of amides is 2. The predicted molar refractivity (Wildman–Crippen MR) is 98.5 cm³/mol. The summed E-state index contributed by atoms with van der Waals surface area (Å²) in [5, 5.41) is 2.84. The minimum atomic E-state index is -0.543. The lowest BCUT2D eigenvalue weighted by atomic mass is 10.0. The van der Waals surface area contributed by atoms with Gasteiger partial charge in [0.05, 0.1) is 6.42 Å². The van der Waals surface area contributed by atoms with Crippen LogP contribution in [0, 0.1) is 12.8 Å². The van der Waals surface area contributed by atoms with Crippen LogP contribution in [-0.4, -0.2) is 22.8 Å². The van der Waals surface area contributed by atoms with Gasteiger partial charge in [0.1, 0.15) is 11.9 Å². The molecule has 5 nitrogen and oxygen atoms in total. The molecule has 1 N–H and O–H groups in total. The zero-order valence-electron chi connectivity index (χ0n) is 14.8. The first-order chi connectivity index (χ1) is 12.0. The maximum Gasteiger partial charge on any atom is 0.248 e. The number of anilines is 2. The van der Waals surface area contributed by atoms with Gasteiger partial charge in [-0.25, -0.2) is 4.98 Å². The fourth-order valence-electron chi connectivity index (χ4n) is 3.24. The van der Waals surface area contributed by atoms with Crippen molar-refractivity contribution in [2.75, 3.05) is 10.2 Å². The second-order valence-electron chi connectivity index (χ2n) is 6.92. The van der Waals surface area contributed by atoms with Gasteiger partial charge in [0, 0.05) is 11.9 Å². The summed E-state index contributed by atoms with van der Waals surface area (Å²) in [7, 11) is 0. The molecule has 2 aromatic rings. The normalized spacial score (nSPS) is 14.6. The smallest absolute Gasteiger partial charge is 0.248 e. The van der Waals surface area contributed by atoms with Gasteiger partial charge in [-0.05, 0) is 43.0 Å². The van der Waals surface area contributed by atoms with Crippen molar-refractivity contribution in [2.45, 2.75) is 39.7 Å². The summed E-state index contributed by atoms with van der Waals surface area (Å²) < 4.78 is 0. The Morgan fingerprint density at radius 2 is 2.08 bits per heavy atom. The molecule has 25 heavy (non-hydrogen) atoms. The lowest BCUT2D eigenvalue weighted by Crippen LogP contribution is -2.46. The molecule has 0 aliphatic carbocycles. The van der Waals surface area contributed by atoms with E-state index in [2.05, 4.69) is 24.1 Å². The Bertz CT molecular complexity index is 787. The average molecular weight is 337 g/mol. The van der Waals surface area contributed by atoms with Crippen molar-refractivity contribution in [1.29, 1.82) is 0 Å². The lowest BCUT2D eigenvalue weighted by Gasteiger charge is -2.29. The van der Waals surface area contributed by atoms with Crippen LogP contribution in [0.4, 0.5) is 11.5 Å². The molecule has 1 atom stereocenters. The number of aromatic nitrogens is 1. The Labute approximate surface area is 148 Å². The van der Waals surface area contributed by atoms with Gasteiger partial charge < -0.3 is 5.32 Å². The van der Waals surface area contributed by atoms with E-state index in [9.17, 15) is 9.59 Å². The fourth-order valence-corrected chi connectivity index (χ4v) is 3.24. The Hall–Kier alpha value is -2.69. The topological polar surface area (TPSA) is 62.3 Å². The Balaban J connectivity index is 1.91. The molecule has 0 saturated carbocycles. The highest BCUT2D eigenvalue weighted by molar-refractivity contribution is 6.08. The van der Waals surface area contributed by atoms with Crippen molar-refractivity contribution in [2.24, 2.45) is 5.92 Å². The Morgan fingerprint density at radius 3 is 2.76 bits per heavy atom. The molecule has 0 radical (unpaired) electrons. The maximum absolute atomic E-state index is 12.9. The maximum atomic E-state index is 12.9. The van der Waals surface area contributed by atoms with Crippen LogP contribution < -0.4 is 10.2 Å². The van der Waals surface area contributed by atoms with Crippen LogP contribution >= 0.6 is 0 Å². The van der Waals surface area contributed by atoms with Gasteiger partial charge in [0.15, 0.2) is 0 Å². The minimum absolute atomic E-state index is 0.0255. The summed E-state index contributed by atoms with van der Waals surface area (Å²) in [6, 6.07) is 10.8. The van der Waals surface area contributed by atoms with E-state index in [-0.39, 0.29) is 17.7 Å². The number of nitrogens with one attached hydrogen (secondary N) is 1. The molecule has 1 aliphatic rings. The van der Waals surface area contributed by atoms with E-state index >= 15 is 0 Å². The van der Waals surface area contributed by atoms with Gasteiger partial charge in [-0.1, -0.05) is 37.6 Å². The second-order valence-corrected chi connectivity index (χ2v) is 6.92. The van der Waals surface area contributed by atoms with Gasteiger partial charge in [0.2, 0.25) is 11.8 Å². The van der Waals surface area contributed by atoms with Crippen molar-refractivity contribution in [3.05, 3.63) is 53.7 Å². The third kappa shape index (κ3) is 3.71. The molecule has 130 valence electrons. The van der Waals surface area contributed by atoms with Crippen LogP contribution in [0.1, 0.15) is 31.4 Å². The molecule has 5 heteroatoms. The molecule has 1 aliphatic heterocycles. The molecule has 0 spiro atoms. The average Bonchev–Trinajstić information content (AvgIpc) is 2.88.